The van der Waals surface area contributed by atoms with Crippen LogP contribution in [0.1, 0.15) is 66.2 Å². The lowest BCUT2D eigenvalue weighted by Gasteiger charge is -2.19. The molecule has 2 atom stereocenters. The van der Waals surface area contributed by atoms with E-state index >= 15 is 0 Å². The van der Waals surface area contributed by atoms with E-state index in [0.29, 0.717) is 25.9 Å². The second-order valence-electron chi connectivity index (χ2n) is 5.24. The summed E-state index contributed by atoms with van der Waals surface area (Å²) >= 11 is 0. The first-order chi connectivity index (χ1) is 8.85. The molecule has 19 heavy (non-hydrogen) atoms. The van der Waals surface area contributed by atoms with Crippen molar-refractivity contribution in [2.75, 3.05) is 6.61 Å². The van der Waals surface area contributed by atoms with Gasteiger partial charge in [-0.1, -0.05) is 20.3 Å². The predicted octanol–water partition coefficient (Wildman–Crippen LogP) is 2.66. The van der Waals surface area contributed by atoms with Gasteiger partial charge in [-0.15, -0.1) is 0 Å². The molecule has 0 aromatic heterocycles. The normalized spacial score (nSPS) is 15.8. The van der Waals surface area contributed by atoms with Crippen LogP contribution in [0, 0.1) is 0 Å². The summed E-state index contributed by atoms with van der Waals surface area (Å²) in [5.41, 5.74) is -1.18. The van der Waals surface area contributed by atoms with Gasteiger partial charge in [-0.2, -0.15) is 0 Å². The average molecular weight is 272 g/mol. The Labute approximate surface area is 116 Å². The first-order valence-corrected chi connectivity index (χ1v) is 7.22. The lowest BCUT2D eigenvalue weighted by Crippen LogP contribution is -2.33. The minimum Gasteiger partial charge on any atom is -0.382 e. The molecule has 0 aromatic rings. The second-order valence-corrected chi connectivity index (χ2v) is 5.24. The summed E-state index contributed by atoms with van der Waals surface area (Å²) in [5, 5.41) is 9.75. The molecule has 0 rings (SSSR count). The van der Waals surface area contributed by atoms with Crippen LogP contribution in [-0.4, -0.2) is 35.0 Å². The first kappa shape index (κ1) is 18.3. The summed E-state index contributed by atoms with van der Waals surface area (Å²) in [6.07, 6.45) is 3.74. The maximum absolute atomic E-state index is 11.6. The Bertz CT molecular complexity index is 284. The minimum atomic E-state index is -1.18. The molecule has 0 aliphatic rings. The highest BCUT2D eigenvalue weighted by Crippen LogP contribution is 2.14. The lowest BCUT2D eigenvalue weighted by molar-refractivity contribution is -0.136. The van der Waals surface area contributed by atoms with Gasteiger partial charge in [-0.3, -0.25) is 9.59 Å². The molecule has 112 valence electrons. The van der Waals surface area contributed by atoms with Gasteiger partial charge < -0.3 is 9.84 Å². The van der Waals surface area contributed by atoms with Gasteiger partial charge in [-0.05, 0) is 39.5 Å². The minimum absolute atomic E-state index is 0.0664. The summed E-state index contributed by atoms with van der Waals surface area (Å²) in [4.78, 5) is 22.8. The number of aliphatic hydroxyl groups is 1. The third kappa shape index (κ3) is 7.43. The Hall–Kier alpha value is -0.740. The highest BCUT2D eigenvalue weighted by molar-refractivity contribution is 5.86. The molecule has 4 nitrogen and oxygen atoms in total. The number of Topliss-reactive ketones (excluding diaryl/α,β-unsaturated/α-hetero) is 2. The zero-order valence-electron chi connectivity index (χ0n) is 12.7. The van der Waals surface area contributed by atoms with E-state index in [9.17, 15) is 14.7 Å². The fourth-order valence-corrected chi connectivity index (χ4v) is 1.78. The van der Waals surface area contributed by atoms with Crippen LogP contribution in [0.2, 0.25) is 0 Å². The van der Waals surface area contributed by atoms with Crippen molar-refractivity contribution in [2.45, 2.75) is 77.9 Å². The summed E-state index contributed by atoms with van der Waals surface area (Å²) in [7, 11) is 0. The molecule has 4 heteroatoms. The predicted molar refractivity (Wildman–Crippen MR) is 75.1 cm³/mol. The zero-order chi connectivity index (χ0) is 14.9. The van der Waals surface area contributed by atoms with E-state index in [-0.39, 0.29) is 17.7 Å². The molecule has 1 N–H and O–H groups in total. The number of rotatable bonds is 11. The molecule has 0 radical (unpaired) electrons. The Morgan fingerprint density at radius 2 is 1.84 bits per heavy atom. The molecule has 0 heterocycles. The van der Waals surface area contributed by atoms with Crippen LogP contribution in [-0.2, 0) is 14.3 Å². The lowest BCUT2D eigenvalue weighted by atomic mass is 9.94. The Balaban J connectivity index is 3.66. The largest absolute Gasteiger partial charge is 0.382 e. The molecule has 0 spiro atoms. The fraction of sp³-hybridized carbons (Fsp3) is 0.867. The zero-order valence-corrected chi connectivity index (χ0v) is 12.7. The van der Waals surface area contributed by atoms with Gasteiger partial charge >= 0.3 is 0 Å². The van der Waals surface area contributed by atoms with E-state index in [4.69, 9.17) is 4.74 Å². The quantitative estimate of drug-likeness (QED) is 0.587. The number of unbranched alkanes of at least 4 members (excludes halogenated alkanes) is 2. The van der Waals surface area contributed by atoms with E-state index in [1.54, 1.807) is 20.8 Å². The molecule has 0 bridgehead atoms. The number of ether oxygens (including phenoxy) is 1. The molecule has 2 unspecified atom stereocenters. The number of hydrogen-bond acceptors (Lipinski definition) is 4. The van der Waals surface area contributed by atoms with Gasteiger partial charge in [-0.25, -0.2) is 0 Å². The Morgan fingerprint density at radius 3 is 2.32 bits per heavy atom. The maximum atomic E-state index is 11.6. The van der Waals surface area contributed by atoms with Crippen molar-refractivity contribution in [1.82, 2.24) is 0 Å². The van der Waals surface area contributed by atoms with Crippen molar-refractivity contribution in [3.63, 3.8) is 0 Å². The Morgan fingerprint density at radius 1 is 1.21 bits per heavy atom. The third-order valence-electron chi connectivity index (χ3n) is 3.48. The van der Waals surface area contributed by atoms with Gasteiger partial charge in [0.05, 0.1) is 0 Å². The van der Waals surface area contributed by atoms with Crippen molar-refractivity contribution >= 4 is 11.6 Å². The van der Waals surface area contributed by atoms with Crippen molar-refractivity contribution in [3.05, 3.63) is 0 Å². The molecule has 0 saturated carbocycles. The molecule has 0 saturated heterocycles. The highest BCUT2D eigenvalue weighted by Gasteiger charge is 2.26. The van der Waals surface area contributed by atoms with E-state index in [1.807, 2.05) is 6.92 Å². The Kier molecular flexibility index (Phi) is 8.85. The van der Waals surface area contributed by atoms with E-state index < -0.39 is 5.60 Å². The van der Waals surface area contributed by atoms with Crippen LogP contribution in [0.15, 0.2) is 0 Å². The van der Waals surface area contributed by atoms with E-state index in [2.05, 4.69) is 0 Å². The van der Waals surface area contributed by atoms with Crippen molar-refractivity contribution < 1.29 is 19.4 Å². The number of hydrogen-bond donors (Lipinski definition) is 1. The second kappa shape index (κ2) is 9.21. The number of carbonyl (C=O) groups excluding carboxylic acids is 2. The van der Waals surface area contributed by atoms with Gasteiger partial charge in [0.25, 0.3) is 0 Å². The van der Waals surface area contributed by atoms with Crippen LogP contribution >= 0.6 is 0 Å². The maximum Gasteiger partial charge on any atom is 0.164 e. The van der Waals surface area contributed by atoms with Gasteiger partial charge in [0.2, 0.25) is 0 Å². The van der Waals surface area contributed by atoms with Crippen LogP contribution in [0.4, 0.5) is 0 Å². The van der Waals surface area contributed by atoms with Crippen LogP contribution in [0.3, 0.4) is 0 Å². The smallest absolute Gasteiger partial charge is 0.164 e. The average Bonchev–Trinajstić information content (AvgIpc) is 2.37. The van der Waals surface area contributed by atoms with E-state index in [0.717, 1.165) is 19.3 Å². The SMILES string of the molecule is CCC(OCCCCCC(=O)C(C)(O)CC)C(C)=O. The molecule has 0 aromatic carbocycles. The molecular formula is C15H28O4. The molecule has 0 fully saturated rings. The molecule has 0 aliphatic carbocycles. The summed E-state index contributed by atoms with van der Waals surface area (Å²) in [6, 6.07) is 0. The van der Waals surface area contributed by atoms with Crippen molar-refractivity contribution in [2.24, 2.45) is 0 Å². The first-order valence-electron chi connectivity index (χ1n) is 7.22. The monoisotopic (exact) mass is 272 g/mol. The van der Waals surface area contributed by atoms with Crippen LogP contribution in [0.25, 0.3) is 0 Å². The van der Waals surface area contributed by atoms with Crippen molar-refractivity contribution in [1.29, 1.82) is 0 Å². The van der Waals surface area contributed by atoms with Crippen LogP contribution < -0.4 is 0 Å². The van der Waals surface area contributed by atoms with Crippen LogP contribution in [0.5, 0.6) is 0 Å². The molecule has 0 aliphatic heterocycles. The third-order valence-corrected chi connectivity index (χ3v) is 3.48. The summed E-state index contributed by atoms with van der Waals surface area (Å²) < 4.78 is 5.46. The van der Waals surface area contributed by atoms with E-state index in [1.165, 1.54) is 0 Å². The highest BCUT2D eigenvalue weighted by atomic mass is 16.5. The van der Waals surface area contributed by atoms with Gasteiger partial charge in [0.1, 0.15) is 11.7 Å². The van der Waals surface area contributed by atoms with Gasteiger partial charge in [0.15, 0.2) is 11.6 Å². The standard InChI is InChI=1S/C15H28O4/c1-5-13(12(3)16)19-11-9-7-8-10-14(17)15(4,18)6-2/h13,18H,5-11H2,1-4H3. The summed E-state index contributed by atoms with van der Waals surface area (Å²) in [5.74, 6) is -0.0252. The van der Waals surface area contributed by atoms with Gasteiger partial charge in [0, 0.05) is 13.0 Å². The molecule has 0 amide bonds. The number of ketones is 2. The number of carbonyl (C=O) groups is 2. The van der Waals surface area contributed by atoms with Crippen molar-refractivity contribution in [3.8, 4) is 0 Å². The molecular weight excluding hydrogens is 244 g/mol. The fourth-order valence-electron chi connectivity index (χ4n) is 1.78. The summed E-state index contributed by atoms with van der Waals surface area (Å²) in [6.45, 7) is 7.39. The topological polar surface area (TPSA) is 63.6 Å².